The van der Waals surface area contributed by atoms with E-state index in [-0.39, 0.29) is 16.6 Å². The molecule has 0 heterocycles. The first-order valence-electron chi connectivity index (χ1n) is 6.33. The summed E-state index contributed by atoms with van der Waals surface area (Å²) >= 11 is 5.95. The fraction of sp³-hybridized carbons (Fsp3) is 0.133. The zero-order chi connectivity index (χ0) is 15.5. The maximum atomic E-state index is 12.1. The highest BCUT2D eigenvalue weighted by molar-refractivity contribution is 7.91. The lowest BCUT2D eigenvalue weighted by molar-refractivity contribution is 0.102. The minimum atomic E-state index is -3.24. The molecule has 0 unspecified atom stereocenters. The highest BCUT2D eigenvalue weighted by atomic mass is 35.5. The van der Waals surface area contributed by atoms with E-state index in [0.29, 0.717) is 16.3 Å². The van der Waals surface area contributed by atoms with Crippen molar-refractivity contribution in [1.29, 1.82) is 0 Å². The molecule has 2 rings (SSSR count). The Balaban J connectivity index is 2.18. The van der Waals surface area contributed by atoms with Crippen molar-refractivity contribution in [3.8, 4) is 0 Å². The van der Waals surface area contributed by atoms with Gasteiger partial charge in [-0.15, -0.1) is 0 Å². The number of halogens is 1. The first-order valence-corrected chi connectivity index (χ1v) is 8.36. The summed E-state index contributed by atoms with van der Waals surface area (Å²) in [6.07, 6.45) is 0. The molecule has 2 aromatic rings. The standard InChI is InChI=1S/C15H14ClNO3S/c1-2-21(19,20)12-9-7-11(8-10-12)17-15(18)13-5-3-4-6-14(13)16/h3-10H,2H2,1H3,(H,17,18). The third-order valence-electron chi connectivity index (χ3n) is 2.97. The van der Waals surface area contributed by atoms with E-state index in [1.807, 2.05) is 0 Å². The largest absolute Gasteiger partial charge is 0.322 e. The van der Waals surface area contributed by atoms with Crippen LogP contribution in [0.4, 0.5) is 5.69 Å². The van der Waals surface area contributed by atoms with Gasteiger partial charge >= 0.3 is 0 Å². The molecule has 0 radical (unpaired) electrons. The van der Waals surface area contributed by atoms with Crippen LogP contribution in [0.25, 0.3) is 0 Å². The molecule has 0 atom stereocenters. The van der Waals surface area contributed by atoms with Crippen molar-refractivity contribution in [3.05, 3.63) is 59.1 Å². The second-order valence-electron chi connectivity index (χ2n) is 4.36. The summed E-state index contributed by atoms with van der Waals surface area (Å²) in [7, 11) is -3.24. The summed E-state index contributed by atoms with van der Waals surface area (Å²) in [5.41, 5.74) is 0.874. The predicted molar refractivity (Wildman–Crippen MR) is 83.6 cm³/mol. The molecule has 0 spiro atoms. The zero-order valence-corrected chi connectivity index (χ0v) is 12.9. The van der Waals surface area contributed by atoms with Crippen LogP contribution >= 0.6 is 11.6 Å². The number of carbonyl (C=O) groups excluding carboxylic acids is 1. The van der Waals surface area contributed by atoms with E-state index >= 15 is 0 Å². The summed E-state index contributed by atoms with van der Waals surface area (Å²) in [6.45, 7) is 1.59. The van der Waals surface area contributed by atoms with Gasteiger partial charge in [0, 0.05) is 5.69 Å². The SMILES string of the molecule is CCS(=O)(=O)c1ccc(NC(=O)c2ccccc2Cl)cc1. The van der Waals surface area contributed by atoms with Crippen LogP contribution in [0.1, 0.15) is 17.3 Å². The Morgan fingerprint density at radius 2 is 1.71 bits per heavy atom. The molecule has 21 heavy (non-hydrogen) atoms. The summed E-state index contributed by atoms with van der Waals surface area (Å²) < 4.78 is 23.4. The number of anilines is 1. The van der Waals surface area contributed by atoms with Gasteiger partial charge in [0.2, 0.25) is 0 Å². The van der Waals surface area contributed by atoms with E-state index in [9.17, 15) is 13.2 Å². The van der Waals surface area contributed by atoms with Gasteiger partial charge in [-0.05, 0) is 36.4 Å². The van der Waals surface area contributed by atoms with Gasteiger partial charge in [-0.3, -0.25) is 4.79 Å². The molecule has 0 bridgehead atoms. The van der Waals surface area contributed by atoms with Gasteiger partial charge in [0.25, 0.3) is 5.91 Å². The molecule has 1 N–H and O–H groups in total. The number of amides is 1. The molecule has 0 aliphatic heterocycles. The average Bonchev–Trinajstić information content (AvgIpc) is 2.48. The van der Waals surface area contributed by atoms with Gasteiger partial charge in [0.05, 0.1) is 21.2 Å². The van der Waals surface area contributed by atoms with Gasteiger partial charge in [-0.2, -0.15) is 0 Å². The van der Waals surface area contributed by atoms with Crippen molar-refractivity contribution >= 4 is 33.0 Å². The van der Waals surface area contributed by atoms with Gasteiger partial charge in [-0.25, -0.2) is 8.42 Å². The molecule has 0 aromatic heterocycles. The van der Waals surface area contributed by atoms with Crippen molar-refractivity contribution in [2.75, 3.05) is 11.1 Å². The van der Waals surface area contributed by atoms with Crippen LogP contribution in [0.2, 0.25) is 5.02 Å². The van der Waals surface area contributed by atoms with Crippen LogP contribution in [-0.4, -0.2) is 20.1 Å². The molecular weight excluding hydrogens is 310 g/mol. The average molecular weight is 324 g/mol. The Morgan fingerprint density at radius 3 is 2.29 bits per heavy atom. The predicted octanol–water partition coefficient (Wildman–Crippen LogP) is 3.39. The summed E-state index contributed by atoms with van der Waals surface area (Å²) in [5, 5.41) is 3.04. The van der Waals surface area contributed by atoms with Crippen molar-refractivity contribution in [2.24, 2.45) is 0 Å². The number of nitrogens with one attached hydrogen (secondary N) is 1. The number of sulfone groups is 1. The van der Waals surface area contributed by atoms with E-state index in [1.54, 1.807) is 43.3 Å². The maximum Gasteiger partial charge on any atom is 0.257 e. The normalized spacial score (nSPS) is 11.1. The summed E-state index contributed by atoms with van der Waals surface area (Å²) in [6, 6.07) is 12.8. The third-order valence-corrected chi connectivity index (χ3v) is 5.05. The van der Waals surface area contributed by atoms with E-state index < -0.39 is 9.84 Å². The molecular formula is C15H14ClNO3S. The molecule has 2 aromatic carbocycles. The Kier molecular flexibility index (Phi) is 4.65. The maximum absolute atomic E-state index is 12.1. The van der Waals surface area contributed by atoms with E-state index in [1.165, 1.54) is 12.1 Å². The van der Waals surface area contributed by atoms with Crippen LogP contribution in [0.3, 0.4) is 0 Å². The lowest BCUT2D eigenvalue weighted by Crippen LogP contribution is -2.12. The first-order chi connectivity index (χ1) is 9.94. The molecule has 6 heteroatoms. The van der Waals surface area contributed by atoms with Crippen LogP contribution < -0.4 is 5.32 Å². The zero-order valence-electron chi connectivity index (χ0n) is 11.3. The third kappa shape index (κ3) is 3.62. The van der Waals surface area contributed by atoms with Gasteiger partial charge in [0.15, 0.2) is 9.84 Å². The lowest BCUT2D eigenvalue weighted by Gasteiger charge is -2.07. The van der Waals surface area contributed by atoms with E-state index in [2.05, 4.69) is 5.32 Å². The molecule has 0 saturated heterocycles. The topological polar surface area (TPSA) is 63.2 Å². The molecule has 0 saturated carbocycles. The molecule has 0 aliphatic carbocycles. The number of hydrogen-bond donors (Lipinski definition) is 1. The van der Waals surface area contributed by atoms with Gasteiger partial charge in [-0.1, -0.05) is 30.7 Å². The first kappa shape index (κ1) is 15.5. The number of hydrogen-bond acceptors (Lipinski definition) is 3. The fourth-order valence-electron chi connectivity index (χ4n) is 1.76. The number of benzene rings is 2. The Hall–Kier alpha value is -1.85. The number of rotatable bonds is 4. The van der Waals surface area contributed by atoms with Crippen molar-refractivity contribution in [1.82, 2.24) is 0 Å². The Labute approximate surface area is 128 Å². The minimum absolute atomic E-state index is 0.0400. The smallest absolute Gasteiger partial charge is 0.257 e. The molecule has 4 nitrogen and oxygen atoms in total. The Bertz CT molecular complexity index is 755. The minimum Gasteiger partial charge on any atom is -0.322 e. The van der Waals surface area contributed by atoms with Gasteiger partial charge in [0.1, 0.15) is 0 Å². The molecule has 0 aliphatic rings. The summed E-state index contributed by atoms with van der Waals surface area (Å²) in [5.74, 6) is -0.301. The van der Waals surface area contributed by atoms with Crippen LogP contribution in [0, 0.1) is 0 Å². The van der Waals surface area contributed by atoms with Crippen molar-refractivity contribution < 1.29 is 13.2 Å². The molecule has 110 valence electrons. The second kappa shape index (κ2) is 6.28. The van der Waals surface area contributed by atoms with E-state index in [4.69, 9.17) is 11.6 Å². The lowest BCUT2D eigenvalue weighted by atomic mass is 10.2. The quantitative estimate of drug-likeness (QED) is 0.938. The van der Waals surface area contributed by atoms with Gasteiger partial charge < -0.3 is 5.32 Å². The van der Waals surface area contributed by atoms with Crippen LogP contribution in [0.5, 0.6) is 0 Å². The van der Waals surface area contributed by atoms with Crippen molar-refractivity contribution in [2.45, 2.75) is 11.8 Å². The highest BCUT2D eigenvalue weighted by Crippen LogP contribution is 2.19. The molecule has 1 amide bonds. The van der Waals surface area contributed by atoms with Crippen LogP contribution in [-0.2, 0) is 9.84 Å². The monoisotopic (exact) mass is 323 g/mol. The van der Waals surface area contributed by atoms with Crippen LogP contribution in [0.15, 0.2) is 53.4 Å². The fourth-order valence-corrected chi connectivity index (χ4v) is 2.86. The van der Waals surface area contributed by atoms with E-state index in [0.717, 1.165) is 0 Å². The second-order valence-corrected chi connectivity index (χ2v) is 7.05. The number of carbonyl (C=O) groups is 1. The molecule has 0 fully saturated rings. The van der Waals surface area contributed by atoms with Crippen molar-refractivity contribution in [3.63, 3.8) is 0 Å². The summed E-state index contributed by atoms with van der Waals surface area (Å²) in [4.78, 5) is 12.3. The Morgan fingerprint density at radius 1 is 1.10 bits per heavy atom. The highest BCUT2D eigenvalue weighted by Gasteiger charge is 2.12.